The van der Waals surface area contributed by atoms with E-state index in [1.807, 2.05) is 20.8 Å². The lowest BCUT2D eigenvalue weighted by atomic mass is 9.86. The lowest BCUT2D eigenvalue weighted by Gasteiger charge is -2.21. The summed E-state index contributed by atoms with van der Waals surface area (Å²) in [5.74, 6) is 0.684. The summed E-state index contributed by atoms with van der Waals surface area (Å²) < 4.78 is 0. The largest absolute Gasteiger partial charge is 0.350 e. The van der Waals surface area contributed by atoms with E-state index in [0.717, 1.165) is 18.8 Å². The summed E-state index contributed by atoms with van der Waals surface area (Å²) in [4.78, 5) is 23.2. The molecular formula is C16H30N2O2. The second-order valence-electron chi connectivity index (χ2n) is 6.97. The van der Waals surface area contributed by atoms with Crippen LogP contribution in [0.3, 0.4) is 0 Å². The van der Waals surface area contributed by atoms with Crippen molar-refractivity contribution in [1.82, 2.24) is 10.6 Å². The third-order valence-electron chi connectivity index (χ3n) is 3.70. The van der Waals surface area contributed by atoms with Crippen LogP contribution < -0.4 is 10.6 Å². The van der Waals surface area contributed by atoms with Gasteiger partial charge < -0.3 is 10.6 Å². The van der Waals surface area contributed by atoms with Crippen LogP contribution in [0.15, 0.2) is 0 Å². The van der Waals surface area contributed by atoms with Crippen molar-refractivity contribution in [1.29, 1.82) is 0 Å². The van der Waals surface area contributed by atoms with E-state index in [0.29, 0.717) is 6.42 Å². The van der Waals surface area contributed by atoms with Crippen LogP contribution >= 0.6 is 0 Å². The predicted octanol–water partition coefficient (Wildman–Crippen LogP) is 2.77. The summed E-state index contributed by atoms with van der Waals surface area (Å²) in [6.45, 7) is 5.87. The van der Waals surface area contributed by atoms with Crippen LogP contribution in [0.1, 0.15) is 72.1 Å². The van der Waals surface area contributed by atoms with Crippen molar-refractivity contribution in [2.75, 3.05) is 6.54 Å². The lowest BCUT2D eigenvalue weighted by molar-refractivity contribution is -0.126. The van der Waals surface area contributed by atoms with Crippen molar-refractivity contribution in [2.45, 2.75) is 77.7 Å². The van der Waals surface area contributed by atoms with Crippen molar-refractivity contribution in [3.63, 3.8) is 0 Å². The molecule has 1 fully saturated rings. The van der Waals surface area contributed by atoms with Gasteiger partial charge in [0, 0.05) is 12.0 Å². The fraction of sp³-hybridized carbons (Fsp3) is 0.875. The SMILES string of the molecule is CC(C)(C)NC(=O)CNC(=O)CCCC1CCCCC1. The maximum Gasteiger partial charge on any atom is 0.239 e. The first-order chi connectivity index (χ1) is 9.37. The molecule has 2 amide bonds. The van der Waals surface area contributed by atoms with Crippen molar-refractivity contribution >= 4 is 11.8 Å². The van der Waals surface area contributed by atoms with E-state index >= 15 is 0 Å². The van der Waals surface area contributed by atoms with Gasteiger partial charge in [-0.3, -0.25) is 9.59 Å². The van der Waals surface area contributed by atoms with Crippen molar-refractivity contribution in [3.05, 3.63) is 0 Å². The maximum atomic E-state index is 11.7. The number of rotatable bonds is 6. The molecule has 4 heteroatoms. The number of carbonyl (C=O) groups excluding carboxylic acids is 2. The van der Waals surface area contributed by atoms with E-state index in [-0.39, 0.29) is 23.9 Å². The topological polar surface area (TPSA) is 58.2 Å². The van der Waals surface area contributed by atoms with E-state index in [4.69, 9.17) is 0 Å². The van der Waals surface area contributed by atoms with E-state index in [1.165, 1.54) is 32.1 Å². The maximum absolute atomic E-state index is 11.7. The molecule has 0 aromatic rings. The first-order valence-electron chi connectivity index (χ1n) is 7.94. The molecule has 0 radical (unpaired) electrons. The fourth-order valence-corrected chi connectivity index (χ4v) is 2.76. The van der Waals surface area contributed by atoms with E-state index in [9.17, 15) is 9.59 Å². The second kappa shape index (κ2) is 8.28. The van der Waals surface area contributed by atoms with E-state index in [1.54, 1.807) is 0 Å². The first kappa shape index (κ1) is 17.0. The number of amides is 2. The molecule has 0 atom stereocenters. The molecular weight excluding hydrogens is 252 g/mol. The van der Waals surface area contributed by atoms with Gasteiger partial charge in [-0.05, 0) is 39.5 Å². The molecule has 0 aromatic heterocycles. The van der Waals surface area contributed by atoms with Gasteiger partial charge >= 0.3 is 0 Å². The number of carbonyl (C=O) groups is 2. The zero-order valence-corrected chi connectivity index (χ0v) is 13.3. The van der Waals surface area contributed by atoms with Gasteiger partial charge in [0.15, 0.2) is 0 Å². The van der Waals surface area contributed by atoms with Crippen LogP contribution in [0.25, 0.3) is 0 Å². The number of hydrogen-bond donors (Lipinski definition) is 2. The molecule has 4 nitrogen and oxygen atoms in total. The minimum Gasteiger partial charge on any atom is -0.350 e. The smallest absolute Gasteiger partial charge is 0.239 e. The Morgan fingerprint density at radius 3 is 2.30 bits per heavy atom. The molecule has 0 spiro atoms. The fourth-order valence-electron chi connectivity index (χ4n) is 2.76. The number of hydrogen-bond acceptors (Lipinski definition) is 2. The van der Waals surface area contributed by atoms with Crippen LogP contribution in [0.5, 0.6) is 0 Å². The summed E-state index contributed by atoms with van der Waals surface area (Å²) in [5, 5.41) is 5.52. The zero-order valence-electron chi connectivity index (χ0n) is 13.3. The summed E-state index contributed by atoms with van der Waals surface area (Å²) in [6.07, 6.45) is 9.37. The van der Waals surface area contributed by atoms with Crippen LogP contribution in [-0.4, -0.2) is 23.9 Å². The molecule has 0 unspecified atom stereocenters. The monoisotopic (exact) mass is 282 g/mol. The lowest BCUT2D eigenvalue weighted by Crippen LogP contribution is -2.45. The van der Waals surface area contributed by atoms with Crippen molar-refractivity contribution < 1.29 is 9.59 Å². The molecule has 0 bridgehead atoms. The van der Waals surface area contributed by atoms with Crippen LogP contribution in [-0.2, 0) is 9.59 Å². The molecule has 116 valence electrons. The van der Waals surface area contributed by atoms with Crippen LogP contribution in [0, 0.1) is 5.92 Å². The predicted molar refractivity (Wildman–Crippen MR) is 81.3 cm³/mol. The average Bonchev–Trinajstić information content (AvgIpc) is 2.36. The molecule has 0 heterocycles. The normalized spacial score (nSPS) is 16.8. The first-order valence-corrected chi connectivity index (χ1v) is 7.94. The van der Waals surface area contributed by atoms with E-state index < -0.39 is 0 Å². The highest BCUT2D eigenvalue weighted by molar-refractivity contribution is 5.84. The highest BCUT2D eigenvalue weighted by atomic mass is 16.2. The molecule has 0 saturated heterocycles. The molecule has 1 rings (SSSR count). The molecule has 2 N–H and O–H groups in total. The summed E-state index contributed by atoms with van der Waals surface area (Å²) >= 11 is 0. The average molecular weight is 282 g/mol. The summed E-state index contributed by atoms with van der Waals surface area (Å²) in [6, 6.07) is 0. The Hall–Kier alpha value is -1.06. The van der Waals surface area contributed by atoms with Gasteiger partial charge in [0.25, 0.3) is 0 Å². The molecule has 0 aromatic carbocycles. The van der Waals surface area contributed by atoms with Gasteiger partial charge in [-0.15, -0.1) is 0 Å². The van der Waals surface area contributed by atoms with Crippen LogP contribution in [0.2, 0.25) is 0 Å². The Labute approximate surface area is 123 Å². The highest BCUT2D eigenvalue weighted by Crippen LogP contribution is 2.27. The van der Waals surface area contributed by atoms with Gasteiger partial charge in [0.2, 0.25) is 11.8 Å². The van der Waals surface area contributed by atoms with Gasteiger partial charge in [-0.1, -0.05) is 32.1 Å². The molecule has 20 heavy (non-hydrogen) atoms. The third kappa shape index (κ3) is 8.18. The van der Waals surface area contributed by atoms with Gasteiger partial charge in [0.05, 0.1) is 6.54 Å². The second-order valence-corrected chi connectivity index (χ2v) is 6.97. The minimum atomic E-state index is -0.247. The molecule has 1 aliphatic rings. The Balaban J connectivity index is 2.06. The van der Waals surface area contributed by atoms with Gasteiger partial charge in [-0.25, -0.2) is 0 Å². The Morgan fingerprint density at radius 2 is 1.70 bits per heavy atom. The minimum absolute atomic E-state index is 0.00938. The molecule has 0 aliphatic heterocycles. The Bertz CT molecular complexity index is 315. The zero-order chi connectivity index (χ0) is 15.0. The quantitative estimate of drug-likeness (QED) is 0.787. The molecule has 1 saturated carbocycles. The summed E-state index contributed by atoms with van der Waals surface area (Å²) in [7, 11) is 0. The standard InChI is InChI=1S/C16H30N2O2/c1-16(2,3)18-15(20)12-17-14(19)11-7-10-13-8-5-4-6-9-13/h13H,4-12H2,1-3H3,(H,17,19)(H,18,20). The van der Waals surface area contributed by atoms with Crippen molar-refractivity contribution in [3.8, 4) is 0 Å². The number of nitrogens with one attached hydrogen (secondary N) is 2. The van der Waals surface area contributed by atoms with Crippen molar-refractivity contribution in [2.24, 2.45) is 5.92 Å². The van der Waals surface area contributed by atoms with Crippen LogP contribution in [0.4, 0.5) is 0 Å². The molecule has 1 aliphatic carbocycles. The Kier molecular flexibility index (Phi) is 7.03. The van der Waals surface area contributed by atoms with E-state index in [2.05, 4.69) is 10.6 Å². The summed E-state index contributed by atoms with van der Waals surface area (Å²) in [5.41, 5.74) is -0.247. The Morgan fingerprint density at radius 1 is 1.05 bits per heavy atom. The van der Waals surface area contributed by atoms with Gasteiger partial charge in [0.1, 0.15) is 0 Å². The van der Waals surface area contributed by atoms with Gasteiger partial charge in [-0.2, -0.15) is 0 Å². The highest BCUT2D eigenvalue weighted by Gasteiger charge is 2.15. The third-order valence-corrected chi connectivity index (χ3v) is 3.70.